The van der Waals surface area contributed by atoms with Crippen molar-refractivity contribution in [3.8, 4) is 0 Å². The van der Waals surface area contributed by atoms with Crippen LogP contribution in [0.1, 0.15) is 13.8 Å². The van der Waals surface area contributed by atoms with Gasteiger partial charge in [0.25, 0.3) is 0 Å². The molecule has 0 fully saturated rings. The lowest BCUT2D eigenvalue weighted by Gasteiger charge is -1.93. The number of ether oxygens (including phenoxy) is 1. The van der Waals surface area contributed by atoms with Crippen molar-refractivity contribution >= 4 is 11.9 Å². The molecule has 0 rings (SSSR count). The van der Waals surface area contributed by atoms with E-state index in [4.69, 9.17) is 20.1 Å². The fourth-order valence-electron chi connectivity index (χ4n) is 0.310. The average molecular weight is 194 g/mol. The fraction of sp³-hybridized carbons (Fsp3) is 0.714. The molecular formula is C7H14O6. The van der Waals surface area contributed by atoms with Gasteiger partial charge < -0.3 is 20.1 Å². The van der Waals surface area contributed by atoms with Gasteiger partial charge in [0.1, 0.15) is 0 Å². The molecule has 6 heteroatoms. The van der Waals surface area contributed by atoms with Gasteiger partial charge in [-0.05, 0) is 13.8 Å². The minimum Gasteiger partial charge on any atom is -0.479 e. The Hall–Kier alpha value is -1.14. The molecule has 0 aliphatic heterocycles. The van der Waals surface area contributed by atoms with Gasteiger partial charge in [0.15, 0.2) is 0 Å². The zero-order chi connectivity index (χ0) is 10.9. The number of hydrogen-bond acceptors (Lipinski definition) is 4. The van der Waals surface area contributed by atoms with E-state index in [1.165, 1.54) is 0 Å². The summed E-state index contributed by atoms with van der Waals surface area (Å²) < 4.78 is 4.83. The SMILES string of the molecule is CCOCC.O=C(O)C(O)C(=O)O. The lowest BCUT2D eigenvalue weighted by molar-refractivity contribution is -0.160. The number of carboxylic acid groups (broad SMARTS) is 2. The summed E-state index contributed by atoms with van der Waals surface area (Å²) in [6.45, 7) is 5.67. The van der Waals surface area contributed by atoms with E-state index in [0.717, 1.165) is 13.2 Å². The quantitative estimate of drug-likeness (QED) is 0.524. The van der Waals surface area contributed by atoms with Crippen molar-refractivity contribution in [2.45, 2.75) is 20.0 Å². The van der Waals surface area contributed by atoms with Gasteiger partial charge in [-0.15, -0.1) is 0 Å². The van der Waals surface area contributed by atoms with Crippen LogP contribution in [-0.4, -0.2) is 46.6 Å². The van der Waals surface area contributed by atoms with Crippen LogP contribution < -0.4 is 0 Å². The Morgan fingerprint density at radius 1 is 1.15 bits per heavy atom. The molecule has 3 N–H and O–H groups in total. The minimum atomic E-state index is -2.30. The maximum absolute atomic E-state index is 9.51. The molecule has 0 aliphatic rings. The van der Waals surface area contributed by atoms with Crippen molar-refractivity contribution in [1.29, 1.82) is 0 Å². The van der Waals surface area contributed by atoms with Gasteiger partial charge in [0, 0.05) is 13.2 Å². The lowest BCUT2D eigenvalue weighted by Crippen LogP contribution is -2.28. The molecule has 0 atom stereocenters. The molecule has 0 unspecified atom stereocenters. The Labute approximate surface area is 75.8 Å². The van der Waals surface area contributed by atoms with Crippen molar-refractivity contribution in [3.63, 3.8) is 0 Å². The highest BCUT2D eigenvalue weighted by Gasteiger charge is 2.20. The van der Waals surface area contributed by atoms with Crippen molar-refractivity contribution in [2.24, 2.45) is 0 Å². The Balaban J connectivity index is 0. The van der Waals surface area contributed by atoms with Gasteiger partial charge in [-0.25, -0.2) is 9.59 Å². The summed E-state index contributed by atoms with van der Waals surface area (Å²) in [5.74, 6) is -3.50. The van der Waals surface area contributed by atoms with Crippen LogP contribution in [0, 0.1) is 0 Å². The van der Waals surface area contributed by atoms with Gasteiger partial charge in [0.2, 0.25) is 6.10 Å². The third-order valence-corrected chi connectivity index (χ3v) is 0.876. The zero-order valence-electron chi connectivity index (χ0n) is 7.56. The van der Waals surface area contributed by atoms with Crippen LogP contribution in [0.15, 0.2) is 0 Å². The van der Waals surface area contributed by atoms with Gasteiger partial charge in [-0.2, -0.15) is 0 Å². The molecule has 6 nitrogen and oxygen atoms in total. The highest BCUT2D eigenvalue weighted by Crippen LogP contribution is 1.79. The first kappa shape index (κ1) is 14.4. The predicted molar refractivity (Wildman–Crippen MR) is 43.4 cm³/mol. The number of aliphatic hydroxyl groups is 1. The second kappa shape index (κ2) is 8.95. The summed E-state index contributed by atoms with van der Waals surface area (Å²) in [4.78, 5) is 19.0. The maximum atomic E-state index is 9.51. The Morgan fingerprint density at radius 2 is 1.46 bits per heavy atom. The number of carbonyl (C=O) groups is 2. The van der Waals surface area contributed by atoms with Crippen LogP contribution in [0.5, 0.6) is 0 Å². The Kier molecular flexibility index (Phi) is 9.91. The summed E-state index contributed by atoms with van der Waals surface area (Å²) in [7, 11) is 0. The van der Waals surface area contributed by atoms with E-state index in [1.54, 1.807) is 0 Å². The molecule has 0 heterocycles. The topological polar surface area (TPSA) is 104 Å². The van der Waals surface area contributed by atoms with Gasteiger partial charge >= 0.3 is 11.9 Å². The van der Waals surface area contributed by atoms with Gasteiger partial charge in [0.05, 0.1) is 0 Å². The highest BCUT2D eigenvalue weighted by molar-refractivity contribution is 5.95. The van der Waals surface area contributed by atoms with Crippen molar-refractivity contribution < 1.29 is 29.6 Å². The molecule has 0 amide bonds. The van der Waals surface area contributed by atoms with Crippen LogP contribution in [0.3, 0.4) is 0 Å². The van der Waals surface area contributed by atoms with Crippen molar-refractivity contribution in [3.05, 3.63) is 0 Å². The van der Waals surface area contributed by atoms with E-state index in [9.17, 15) is 9.59 Å². The smallest absolute Gasteiger partial charge is 0.344 e. The Morgan fingerprint density at radius 3 is 1.46 bits per heavy atom. The average Bonchev–Trinajstić information content (AvgIpc) is 2.05. The number of aliphatic carboxylic acids is 2. The van der Waals surface area contributed by atoms with E-state index < -0.39 is 18.0 Å². The molecule has 0 radical (unpaired) electrons. The van der Waals surface area contributed by atoms with Gasteiger partial charge in [-0.1, -0.05) is 0 Å². The first-order valence-electron chi connectivity index (χ1n) is 3.68. The summed E-state index contributed by atoms with van der Waals surface area (Å²) in [5, 5.41) is 23.4. The van der Waals surface area contributed by atoms with Crippen molar-refractivity contribution in [2.75, 3.05) is 13.2 Å². The molecule has 0 aliphatic carbocycles. The maximum Gasteiger partial charge on any atom is 0.344 e. The molecule has 0 spiro atoms. The summed E-state index contributed by atoms with van der Waals surface area (Å²) >= 11 is 0. The molecule has 0 aromatic rings. The lowest BCUT2D eigenvalue weighted by atomic mass is 10.4. The third kappa shape index (κ3) is 10.9. The number of carboxylic acids is 2. The van der Waals surface area contributed by atoms with Crippen LogP contribution in [0.4, 0.5) is 0 Å². The van der Waals surface area contributed by atoms with E-state index in [0.29, 0.717) is 0 Å². The van der Waals surface area contributed by atoms with E-state index in [-0.39, 0.29) is 0 Å². The Bertz CT molecular complexity index is 139. The molecule has 0 saturated heterocycles. The molecule has 0 aromatic heterocycles. The zero-order valence-corrected chi connectivity index (χ0v) is 7.56. The highest BCUT2D eigenvalue weighted by atomic mass is 16.5. The summed E-state index contributed by atoms with van der Waals surface area (Å²) in [5.41, 5.74) is 0. The van der Waals surface area contributed by atoms with Gasteiger partial charge in [-0.3, -0.25) is 0 Å². The largest absolute Gasteiger partial charge is 0.479 e. The van der Waals surface area contributed by atoms with Crippen LogP contribution in [0.2, 0.25) is 0 Å². The number of hydrogen-bond donors (Lipinski definition) is 3. The first-order valence-corrected chi connectivity index (χ1v) is 3.68. The molecule has 78 valence electrons. The molecule has 0 aromatic carbocycles. The van der Waals surface area contributed by atoms with Crippen LogP contribution in [0.25, 0.3) is 0 Å². The van der Waals surface area contributed by atoms with Crippen LogP contribution >= 0.6 is 0 Å². The molecule has 0 saturated carbocycles. The third-order valence-electron chi connectivity index (χ3n) is 0.876. The normalized spacial score (nSPS) is 8.92. The summed E-state index contributed by atoms with van der Waals surface area (Å²) in [6, 6.07) is 0. The monoisotopic (exact) mass is 194 g/mol. The van der Waals surface area contributed by atoms with E-state index in [2.05, 4.69) is 0 Å². The van der Waals surface area contributed by atoms with E-state index >= 15 is 0 Å². The standard InChI is InChI=1S/C4H10O.C3H4O5/c1-3-5-4-2;4-1(2(5)6)3(7)8/h3-4H2,1-2H3;1,4H,(H,5,6)(H,7,8). The molecule has 0 bridgehead atoms. The first-order chi connectivity index (χ1) is 5.97. The fourth-order valence-corrected chi connectivity index (χ4v) is 0.310. The van der Waals surface area contributed by atoms with Crippen LogP contribution in [-0.2, 0) is 14.3 Å². The molecular weight excluding hydrogens is 180 g/mol. The van der Waals surface area contributed by atoms with Crippen molar-refractivity contribution in [1.82, 2.24) is 0 Å². The molecule has 13 heavy (non-hydrogen) atoms. The predicted octanol–water partition coefficient (Wildman–Crippen LogP) is -0.441. The summed E-state index contributed by atoms with van der Waals surface area (Å²) in [6.07, 6.45) is -2.30. The number of aliphatic hydroxyl groups excluding tert-OH is 1. The number of rotatable bonds is 4. The van der Waals surface area contributed by atoms with E-state index in [1.807, 2.05) is 13.8 Å². The minimum absolute atomic E-state index is 0.844. The second-order valence-electron chi connectivity index (χ2n) is 1.86. The second-order valence-corrected chi connectivity index (χ2v) is 1.86.